The van der Waals surface area contributed by atoms with Crippen LogP contribution < -0.4 is 10.1 Å². The maximum absolute atomic E-state index is 13.3. The zero-order chi connectivity index (χ0) is 23.6. The van der Waals surface area contributed by atoms with Crippen molar-refractivity contribution in [2.24, 2.45) is 17.8 Å². The van der Waals surface area contributed by atoms with Crippen molar-refractivity contribution in [3.63, 3.8) is 0 Å². The van der Waals surface area contributed by atoms with Crippen LogP contribution in [0.15, 0.2) is 24.3 Å². The number of nitrogens with zero attached hydrogens (tertiary/aromatic N) is 1. The van der Waals surface area contributed by atoms with Crippen molar-refractivity contribution in [2.45, 2.75) is 79.2 Å². The van der Waals surface area contributed by atoms with Crippen molar-refractivity contribution in [2.75, 3.05) is 38.2 Å². The van der Waals surface area contributed by atoms with E-state index < -0.39 is 5.60 Å². The zero-order valence-electron chi connectivity index (χ0n) is 21.3. The second kappa shape index (κ2) is 13.2. The first-order valence-corrected chi connectivity index (χ1v) is 12.6. The van der Waals surface area contributed by atoms with Crippen LogP contribution in [0.4, 0.5) is 5.69 Å². The van der Waals surface area contributed by atoms with Gasteiger partial charge in [-0.2, -0.15) is 0 Å². The highest BCUT2D eigenvalue weighted by Gasteiger charge is 2.40. The van der Waals surface area contributed by atoms with E-state index >= 15 is 0 Å². The first-order chi connectivity index (χ1) is 15.2. The molecule has 1 atom stereocenters. The van der Waals surface area contributed by atoms with E-state index in [0.29, 0.717) is 37.9 Å². The fraction of sp³-hybridized carbons (Fsp3) is 0.741. The average molecular weight is 447 g/mol. The van der Waals surface area contributed by atoms with E-state index in [1.165, 1.54) is 25.9 Å². The Bertz CT molecular complexity index is 662. The van der Waals surface area contributed by atoms with Gasteiger partial charge in [0.25, 0.3) is 5.91 Å². The highest BCUT2D eigenvalue weighted by molar-refractivity contribution is 5.97. The molecule has 0 unspecified atom stereocenters. The normalized spacial score (nSPS) is 17.7. The van der Waals surface area contributed by atoms with Crippen molar-refractivity contribution < 1.29 is 14.3 Å². The molecule has 1 aromatic rings. The lowest BCUT2D eigenvalue weighted by Crippen LogP contribution is -2.47. The number of benzene rings is 1. The number of carbonyl (C=O) groups is 1. The van der Waals surface area contributed by atoms with Gasteiger partial charge in [0.15, 0.2) is 0 Å². The monoisotopic (exact) mass is 446 g/mol. The molecule has 1 amide bonds. The number of hydrogen-bond donors (Lipinski definition) is 1. The first-order valence-electron chi connectivity index (χ1n) is 12.6. The standard InChI is InChI=1S/C27H46N2O3/c1-7-32-27(18-21(2)3,19-22(4)5)26(30)28-24-11-13-25(14-12-24)31-17-9-16-29-15-8-10-23(6)20-29/h11-14,21-23H,7-10,15-20H2,1-6H3,(H,28,30)/t23-/m0/s1. The van der Waals surface area contributed by atoms with Crippen LogP contribution in [-0.4, -0.2) is 49.3 Å². The number of carbonyl (C=O) groups excluding carboxylic acids is 1. The molecule has 0 aromatic heterocycles. The minimum absolute atomic E-state index is 0.0498. The summed E-state index contributed by atoms with van der Waals surface area (Å²) in [6.07, 6.45) is 5.13. The Kier molecular flexibility index (Phi) is 11.0. The number of rotatable bonds is 13. The molecule has 1 heterocycles. The fourth-order valence-corrected chi connectivity index (χ4v) is 4.89. The van der Waals surface area contributed by atoms with Crippen LogP contribution >= 0.6 is 0 Å². The van der Waals surface area contributed by atoms with E-state index in [9.17, 15) is 4.79 Å². The molecule has 5 heteroatoms. The lowest BCUT2D eigenvalue weighted by Gasteiger charge is -2.35. The largest absolute Gasteiger partial charge is 0.494 e. The van der Waals surface area contributed by atoms with E-state index in [0.717, 1.165) is 30.3 Å². The van der Waals surface area contributed by atoms with Gasteiger partial charge in [-0.3, -0.25) is 4.79 Å². The van der Waals surface area contributed by atoms with E-state index in [-0.39, 0.29) is 5.91 Å². The topological polar surface area (TPSA) is 50.8 Å². The van der Waals surface area contributed by atoms with E-state index in [2.05, 4.69) is 44.8 Å². The predicted octanol–water partition coefficient (Wildman–Crippen LogP) is 5.99. The highest BCUT2D eigenvalue weighted by Crippen LogP contribution is 2.31. The van der Waals surface area contributed by atoms with Crippen molar-refractivity contribution in [3.8, 4) is 5.75 Å². The summed E-state index contributed by atoms with van der Waals surface area (Å²) in [7, 11) is 0. The Hall–Kier alpha value is -1.59. The van der Waals surface area contributed by atoms with Crippen molar-refractivity contribution in [3.05, 3.63) is 24.3 Å². The summed E-state index contributed by atoms with van der Waals surface area (Å²) in [6.45, 7) is 17.6. The van der Waals surface area contributed by atoms with Crippen LogP contribution in [0.5, 0.6) is 5.75 Å². The van der Waals surface area contributed by atoms with Crippen molar-refractivity contribution >= 4 is 11.6 Å². The maximum Gasteiger partial charge on any atom is 0.256 e. The predicted molar refractivity (Wildman–Crippen MR) is 133 cm³/mol. The van der Waals surface area contributed by atoms with E-state index in [1.807, 2.05) is 31.2 Å². The van der Waals surface area contributed by atoms with Crippen LogP contribution in [0.2, 0.25) is 0 Å². The zero-order valence-corrected chi connectivity index (χ0v) is 21.3. The van der Waals surface area contributed by atoms with Crippen LogP contribution in [-0.2, 0) is 9.53 Å². The Morgan fingerprint density at radius 1 is 1.16 bits per heavy atom. The minimum atomic E-state index is -0.793. The van der Waals surface area contributed by atoms with Gasteiger partial charge in [-0.25, -0.2) is 0 Å². The second-order valence-electron chi connectivity index (χ2n) is 10.4. The van der Waals surface area contributed by atoms with Gasteiger partial charge in [-0.05, 0) is 87.6 Å². The van der Waals surface area contributed by atoms with Crippen LogP contribution in [0.25, 0.3) is 0 Å². The van der Waals surface area contributed by atoms with Gasteiger partial charge in [0.1, 0.15) is 11.4 Å². The Morgan fingerprint density at radius 3 is 2.38 bits per heavy atom. The van der Waals surface area contributed by atoms with Gasteiger partial charge in [0, 0.05) is 25.4 Å². The molecule has 1 fully saturated rings. The van der Waals surface area contributed by atoms with Gasteiger partial charge in [-0.15, -0.1) is 0 Å². The van der Waals surface area contributed by atoms with Gasteiger partial charge in [0.05, 0.1) is 6.61 Å². The number of ether oxygens (including phenoxy) is 2. The van der Waals surface area contributed by atoms with Crippen molar-refractivity contribution in [1.82, 2.24) is 4.90 Å². The lowest BCUT2D eigenvalue weighted by atomic mass is 9.83. The molecule has 0 saturated carbocycles. The summed E-state index contributed by atoms with van der Waals surface area (Å²) in [6, 6.07) is 7.71. The molecule has 0 spiro atoms. The molecule has 1 saturated heterocycles. The number of amides is 1. The summed E-state index contributed by atoms with van der Waals surface area (Å²) < 4.78 is 12.0. The quantitative estimate of drug-likeness (QED) is 0.378. The Balaban J connectivity index is 1.88. The number of piperidine rings is 1. The number of likely N-dealkylation sites (tertiary alicyclic amines) is 1. The molecule has 0 aliphatic carbocycles. The van der Waals surface area contributed by atoms with Gasteiger partial charge in [-0.1, -0.05) is 34.6 Å². The molecule has 182 valence electrons. The molecule has 1 aliphatic heterocycles. The van der Waals surface area contributed by atoms with Crippen LogP contribution in [0.1, 0.15) is 73.6 Å². The molecule has 32 heavy (non-hydrogen) atoms. The Labute approximate surface area is 196 Å². The third-order valence-electron chi connectivity index (χ3n) is 6.05. The summed E-state index contributed by atoms with van der Waals surface area (Å²) in [5.74, 6) is 2.35. The molecule has 1 N–H and O–H groups in total. The molecule has 5 nitrogen and oxygen atoms in total. The summed E-state index contributed by atoms with van der Waals surface area (Å²) >= 11 is 0. The molecule has 0 radical (unpaired) electrons. The number of nitrogens with one attached hydrogen (secondary N) is 1. The third-order valence-corrected chi connectivity index (χ3v) is 6.05. The summed E-state index contributed by atoms with van der Waals surface area (Å²) in [5.41, 5.74) is -0.0145. The fourth-order valence-electron chi connectivity index (χ4n) is 4.89. The van der Waals surface area contributed by atoms with Gasteiger partial charge < -0.3 is 19.7 Å². The molecule has 1 aliphatic rings. The third kappa shape index (κ3) is 8.74. The SMILES string of the molecule is CCOC(CC(C)C)(CC(C)C)C(=O)Nc1ccc(OCCCN2CCC[C@H](C)C2)cc1. The van der Waals surface area contributed by atoms with E-state index in [4.69, 9.17) is 9.47 Å². The van der Waals surface area contributed by atoms with Crippen LogP contribution in [0.3, 0.4) is 0 Å². The number of anilines is 1. The maximum atomic E-state index is 13.3. The summed E-state index contributed by atoms with van der Waals surface area (Å²) in [4.78, 5) is 15.8. The molecular formula is C27H46N2O3. The highest BCUT2D eigenvalue weighted by atomic mass is 16.5. The minimum Gasteiger partial charge on any atom is -0.494 e. The van der Waals surface area contributed by atoms with Gasteiger partial charge >= 0.3 is 0 Å². The van der Waals surface area contributed by atoms with E-state index in [1.54, 1.807) is 0 Å². The smallest absolute Gasteiger partial charge is 0.256 e. The molecule has 0 bridgehead atoms. The average Bonchev–Trinajstić information content (AvgIpc) is 2.71. The lowest BCUT2D eigenvalue weighted by molar-refractivity contribution is -0.146. The molecule has 1 aromatic carbocycles. The molecule has 2 rings (SSSR count). The number of hydrogen-bond acceptors (Lipinski definition) is 4. The van der Waals surface area contributed by atoms with Crippen molar-refractivity contribution in [1.29, 1.82) is 0 Å². The Morgan fingerprint density at radius 2 is 1.81 bits per heavy atom. The first kappa shape index (κ1) is 26.7. The second-order valence-corrected chi connectivity index (χ2v) is 10.4. The van der Waals surface area contributed by atoms with Gasteiger partial charge in [0.2, 0.25) is 0 Å². The molecular weight excluding hydrogens is 400 g/mol. The summed E-state index contributed by atoms with van der Waals surface area (Å²) in [5, 5.41) is 3.09. The van der Waals surface area contributed by atoms with Crippen LogP contribution in [0, 0.1) is 17.8 Å².